The standard InChI is InChI=1S/C12H22N2O3/c1-8-6-9(2)14(7-8)11(17)13(5)12(3,4)10(15)16/h8-9H,6-7H2,1-5H3,(H,15,16). The Kier molecular flexibility index (Phi) is 3.69. The van der Waals surface area contributed by atoms with Crippen molar-refractivity contribution in [2.75, 3.05) is 13.6 Å². The number of urea groups is 1. The van der Waals surface area contributed by atoms with Gasteiger partial charge in [0.2, 0.25) is 0 Å². The highest BCUT2D eigenvalue weighted by molar-refractivity contribution is 5.85. The zero-order chi connectivity index (χ0) is 13.4. The zero-order valence-corrected chi connectivity index (χ0v) is 11.2. The van der Waals surface area contributed by atoms with E-state index in [0.717, 1.165) is 6.42 Å². The highest BCUT2D eigenvalue weighted by Crippen LogP contribution is 2.25. The van der Waals surface area contributed by atoms with Gasteiger partial charge in [0.15, 0.2) is 0 Å². The number of rotatable bonds is 2. The normalized spacial score (nSPS) is 24.9. The molecule has 1 aliphatic rings. The van der Waals surface area contributed by atoms with Crippen molar-refractivity contribution in [3.05, 3.63) is 0 Å². The number of carboxylic acid groups (broad SMARTS) is 1. The molecule has 0 saturated carbocycles. The second-order valence-corrected chi connectivity index (χ2v) is 5.55. The molecule has 0 bridgehead atoms. The molecule has 5 nitrogen and oxygen atoms in total. The van der Waals surface area contributed by atoms with Crippen LogP contribution in [-0.4, -0.2) is 52.1 Å². The third kappa shape index (κ3) is 2.53. The average Bonchev–Trinajstić information content (AvgIpc) is 2.55. The second kappa shape index (κ2) is 4.55. The topological polar surface area (TPSA) is 60.9 Å². The molecule has 0 aromatic rings. The van der Waals surface area contributed by atoms with E-state index in [9.17, 15) is 9.59 Å². The van der Waals surface area contributed by atoms with Crippen LogP contribution in [0.4, 0.5) is 4.79 Å². The summed E-state index contributed by atoms with van der Waals surface area (Å²) in [6.07, 6.45) is 0.979. The van der Waals surface area contributed by atoms with Gasteiger partial charge in [0, 0.05) is 19.6 Å². The van der Waals surface area contributed by atoms with Crippen LogP contribution in [0.1, 0.15) is 34.1 Å². The first kappa shape index (κ1) is 13.8. The Hall–Kier alpha value is -1.26. The van der Waals surface area contributed by atoms with Crippen molar-refractivity contribution in [3.63, 3.8) is 0 Å². The molecule has 0 aliphatic carbocycles. The van der Waals surface area contributed by atoms with Gasteiger partial charge in [-0.25, -0.2) is 9.59 Å². The smallest absolute Gasteiger partial charge is 0.329 e. The van der Waals surface area contributed by atoms with Gasteiger partial charge in [-0.1, -0.05) is 6.92 Å². The van der Waals surface area contributed by atoms with Crippen LogP contribution in [0, 0.1) is 5.92 Å². The molecule has 5 heteroatoms. The fraction of sp³-hybridized carbons (Fsp3) is 0.833. The average molecular weight is 242 g/mol. The summed E-state index contributed by atoms with van der Waals surface area (Å²) >= 11 is 0. The van der Waals surface area contributed by atoms with E-state index in [4.69, 9.17) is 5.11 Å². The van der Waals surface area contributed by atoms with E-state index >= 15 is 0 Å². The van der Waals surface area contributed by atoms with E-state index in [1.807, 2.05) is 6.92 Å². The lowest BCUT2D eigenvalue weighted by Crippen LogP contribution is -2.55. The molecule has 0 aromatic carbocycles. The molecule has 0 spiro atoms. The van der Waals surface area contributed by atoms with Gasteiger partial charge in [-0.3, -0.25) is 0 Å². The summed E-state index contributed by atoms with van der Waals surface area (Å²) in [5.74, 6) is -0.511. The van der Waals surface area contributed by atoms with Crippen molar-refractivity contribution in [2.24, 2.45) is 5.92 Å². The van der Waals surface area contributed by atoms with Crippen molar-refractivity contribution < 1.29 is 14.7 Å². The first-order valence-corrected chi connectivity index (χ1v) is 5.95. The molecule has 98 valence electrons. The molecule has 1 rings (SSSR count). The number of carbonyl (C=O) groups excluding carboxylic acids is 1. The number of likely N-dealkylation sites (N-methyl/N-ethyl adjacent to an activating group) is 1. The molecular formula is C12H22N2O3. The molecule has 1 heterocycles. The van der Waals surface area contributed by atoms with Crippen molar-refractivity contribution >= 4 is 12.0 Å². The Morgan fingerprint density at radius 1 is 1.35 bits per heavy atom. The summed E-state index contributed by atoms with van der Waals surface area (Å²) in [6, 6.07) is -0.0150. The fourth-order valence-corrected chi connectivity index (χ4v) is 2.14. The largest absolute Gasteiger partial charge is 0.480 e. The number of aliphatic carboxylic acids is 1. The summed E-state index contributed by atoms with van der Waals surface area (Å²) in [7, 11) is 1.55. The van der Waals surface area contributed by atoms with Gasteiger partial charge in [0.1, 0.15) is 5.54 Å². The number of nitrogens with zero attached hydrogens (tertiary/aromatic N) is 2. The van der Waals surface area contributed by atoms with Crippen LogP contribution < -0.4 is 0 Å². The van der Waals surface area contributed by atoms with Gasteiger partial charge >= 0.3 is 12.0 Å². The van der Waals surface area contributed by atoms with Crippen LogP contribution >= 0.6 is 0 Å². The van der Waals surface area contributed by atoms with E-state index in [-0.39, 0.29) is 12.1 Å². The lowest BCUT2D eigenvalue weighted by atomic mass is 10.0. The highest BCUT2D eigenvalue weighted by atomic mass is 16.4. The van der Waals surface area contributed by atoms with Crippen LogP contribution in [-0.2, 0) is 4.79 Å². The Balaban J connectivity index is 2.80. The van der Waals surface area contributed by atoms with Gasteiger partial charge in [0.05, 0.1) is 0 Å². The lowest BCUT2D eigenvalue weighted by Gasteiger charge is -2.36. The van der Waals surface area contributed by atoms with Gasteiger partial charge in [-0.05, 0) is 33.1 Å². The SMILES string of the molecule is CC1CC(C)N(C(=O)N(C)C(C)(C)C(=O)O)C1. The van der Waals surface area contributed by atoms with Crippen LogP contribution in [0.25, 0.3) is 0 Å². The number of amides is 2. The van der Waals surface area contributed by atoms with Gasteiger partial charge in [0.25, 0.3) is 0 Å². The molecular weight excluding hydrogens is 220 g/mol. The number of carboxylic acids is 1. The maximum atomic E-state index is 12.2. The third-order valence-electron chi connectivity index (χ3n) is 3.68. The van der Waals surface area contributed by atoms with Gasteiger partial charge < -0.3 is 14.9 Å². The number of likely N-dealkylation sites (tertiary alicyclic amines) is 1. The first-order valence-electron chi connectivity index (χ1n) is 5.95. The molecule has 2 atom stereocenters. The molecule has 0 radical (unpaired) electrons. The minimum absolute atomic E-state index is 0.185. The maximum absolute atomic E-state index is 12.2. The van der Waals surface area contributed by atoms with Crippen LogP contribution in [0.3, 0.4) is 0 Å². The van der Waals surface area contributed by atoms with E-state index in [2.05, 4.69) is 6.92 Å². The fourth-order valence-electron chi connectivity index (χ4n) is 2.14. The van der Waals surface area contributed by atoms with Crippen LogP contribution in [0.2, 0.25) is 0 Å². The summed E-state index contributed by atoms with van der Waals surface area (Å²) in [6.45, 7) is 7.89. The second-order valence-electron chi connectivity index (χ2n) is 5.55. The molecule has 1 aliphatic heterocycles. The monoisotopic (exact) mass is 242 g/mol. The predicted molar refractivity (Wildman–Crippen MR) is 64.8 cm³/mol. The van der Waals surface area contributed by atoms with Gasteiger partial charge in [-0.2, -0.15) is 0 Å². The summed E-state index contributed by atoms with van der Waals surface area (Å²) in [5.41, 5.74) is -1.18. The van der Waals surface area contributed by atoms with Crippen molar-refractivity contribution in [3.8, 4) is 0 Å². The number of hydrogen-bond acceptors (Lipinski definition) is 2. The summed E-state index contributed by atoms with van der Waals surface area (Å²) in [5, 5.41) is 9.11. The molecule has 2 amide bonds. The van der Waals surface area contributed by atoms with Crippen molar-refractivity contribution in [1.82, 2.24) is 9.80 Å². The Labute approximate surface area is 102 Å². The molecule has 17 heavy (non-hydrogen) atoms. The quantitative estimate of drug-likeness (QED) is 0.800. The molecule has 1 saturated heterocycles. The molecule has 2 unspecified atom stereocenters. The molecule has 1 fully saturated rings. The Morgan fingerprint density at radius 3 is 2.24 bits per heavy atom. The molecule has 1 N–H and O–H groups in total. The van der Waals surface area contributed by atoms with Crippen LogP contribution in [0.15, 0.2) is 0 Å². The summed E-state index contributed by atoms with van der Waals surface area (Å²) in [4.78, 5) is 26.4. The minimum Gasteiger partial charge on any atom is -0.480 e. The predicted octanol–water partition coefficient (Wildman–Crippen LogP) is 1.63. The van der Waals surface area contributed by atoms with Gasteiger partial charge in [-0.15, -0.1) is 0 Å². The number of carbonyl (C=O) groups is 2. The maximum Gasteiger partial charge on any atom is 0.329 e. The third-order valence-corrected chi connectivity index (χ3v) is 3.68. The van der Waals surface area contributed by atoms with E-state index in [1.165, 1.54) is 18.7 Å². The number of hydrogen-bond donors (Lipinski definition) is 1. The first-order chi connectivity index (χ1) is 7.67. The van der Waals surface area contributed by atoms with Crippen LogP contribution in [0.5, 0.6) is 0 Å². The van der Waals surface area contributed by atoms with E-state index < -0.39 is 11.5 Å². The molecule has 0 aromatic heterocycles. The highest BCUT2D eigenvalue weighted by Gasteiger charge is 2.40. The van der Waals surface area contributed by atoms with E-state index in [0.29, 0.717) is 12.5 Å². The van der Waals surface area contributed by atoms with Crippen molar-refractivity contribution in [1.29, 1.82) is 0 Å². The Morgan fingerprint density at radius 2 is 1.88 bits per heavy atom. The lowest BCUT2D eigenvalue weighted by molar-refractivity contribution is -0.147. The Bertz CT molecular complexity index is 328. The summed E-state index contributed by atoms with van der Waals surface area (Å²) < 4.78 is 0. The minimum atomic E-state index is -1.18. The zero-order valence-electron chi connectivity index (χ0n) is 11.2. The van der Waals surface area contributed by atoms with Crippen molar-refractivity contribution in [2.45, 2.75) is 45.7 Å². The van der Waals surface area contributed by atoms with E-state index in [1.54, 1.807) is 11.9 Å².